The zero-order valence-electron chi connectivity index (χ0n) is 11.3. The van der Waals surface area contributed by atoms with Crippen molar-refractivity contribution in [1.82, 2.24) is 5.32 Å². The van der Waals surface area contributed by atoms with Crippen molar-refractivity contribution in [2.24, 2.45) is 0 Å². The molecule has 0 aromatic heterocycles. The van der Waals surface area contributed by atoms with Crippen LogP contribution in [0.2, 0.25) is 0 Å². The summed E-state index contributed by atoms with van der Waals surface area (Å²) in [6, 6.07) is 8.05. The summed E-state index contributed by atoms with van der Waals surface area (Å²) in [5, 5.41) is 3.31. The molecule has 0 aliphatic carbocycles. The summed E-state index contributed by atoms with van der Waals surface area (Å²) in [7, 11) is 1.70. The minimum Gasteiger partial charge on any atom is -0.491 e. The molecule has 0 heterocycles. The Bertz CT molecular complexity index is 287. The van der Waals surface area contributed by atoms with Crippen LogP contribution < -0.4 is 10.1 Å². The standard InChI is InChI=1S/C14H23NO3/c1-3-17-10-11-18-14-7-5-4-6-13(14)12-15-8-9-16-2/h4-7,15H,3,8-12H2,1-2H3. The number of hydrogen-bond donors (Lipinski definition) is 1. The molecule has 4 heteroatoms. The quantitative estimate of drug-likeness (QED) is 0.646. The third-order valence-electron chi connectivity index (χ3n) is 2.46. The van der Waals surface area contributed by atoms with Gasteiger partial charge in [0.2, 0.25) is 0 Å². The van der Waals surface area contributed by atoms with Gasteiger partial charge in [-0.25, -0.2) is 0 Å². The van der Waals surface area contributed by atoms with Crippen LogP contribution in [0, 0.1) is 0 Å². The van der Waals surface area contributed by atoms with Crippen LogP contribution in [0.1, 0.15) is 12.5 Å². The molecule has 18 heavy (non-hydrogen) atoms. The lowest BCUT2D eigenvalue weighted by Crippen LogP contribution is -2.19. The van der Waals surface area contributed by atoms with Crippen molar-refractivity contribution in [3.8, 4) is 5.75 Å². The molecule has 0 bridgehead atoms. The van der Waals surface area contributed by atoms with E-state index in [1.165, 1.54) is 0 Å². The molecule has 0 spiro atoms. The number of rotatable bonds is 10. The van der Waals surface area contributed by atoms with Crippen molar-refractivity contribution in [2.45, 2.75) is 13.5 Å². The van der Waals surface area contributed by atoms with Gasteiger partial charge in [0, 0.05) is 32.4 Å². The lowest BCUT2D eigenvalue weighted by atomic mass is 10.2. The summed E-state index contributed by atoms with van der Waals surface area (Å²) >= 11 is 0. The van der Waals surface area contributed by atoms with Gasteiger partial charge in [0.1, 0.15) is 12.4 Å². The summed E-state index contributed by atoms with van der Waals surface area (Å²) in [5.74, 6) is 0.919. The molecule has 0 fully saturated rings. The van der Waals surface area contributed by atoms with Crippen LogP contribution in [0.4, 0.5) is 0 Å². The van der Waals surface area contributed by atoms with Gasteiger partial charge in [-0.05, 0) is 13.0 Å². The molecule has 1 rings (SSSR count). The van der Waals surface area contributed by atoms with Gasteiger partial charge in [-0.2, -0.15) is 0 Å². The fourth-order valence-electron chi connectivity index (χ4n) is 1.54. The van der Waals surface area contributed by atoms with Crippen molar-refractivity contribution in [1.29, 1.82) is 0 Å². The van der Waals surface area contributed by atoms with E-state index in [1.807, 2.05) is 25.1 Å². The molecule has 0 saturated heterocycles. The van der Waals surface area contributed by atoms with Crippen LogP contribution in [-0.4, -0.2) is 40.1 Å². The molecule has 0 unspecified atom stereocenters. The van der Waals surface area contributed by atoms with Crippen molar-refractivity contribution in [3.05, 3.63) is 29.8 Å². The zero-order chi connectivity index (χ0) is 13.1. The van der Waals surface area contributed by atoms with Crippen LogP contribution in [0.15, 0.2) is 24.3 Å². The van der Waals surface area contributed by atoms with E-state index in [2.05, 4.69) is 11.4 Å². The van der Waals surface area contributed by atoms with E-state index in [9.17, 15) is 0 Å². The van der Waals surface area contributed by atoms with Crippen LogP contribution in [0.5, 0.6) is 5.75 Å². The minimum absolute atomic E-state index is 0.586. The Hall–Kier alpha value is -1.10. The number of benzene rings is 1. The molecule has 0 amide bonds. The van der Waals surface area contributed by atoms with E-state index in [4.69, 9.17) is 14.2 Å². The zero-order valence-corrected chi connectivity index (χ0v) is 11.3. The number of ether oxygens (including phenoxy) is 3. The van der Waals surface area contributed by atoms with Crippen molar-refractivity contribution >= 4 is 0 Å². The molecule has 0 aliphatic heterocycles. The average Bonchev–Trinajstić information content (AvgIpc) is 2.41. The molecule has 4 nitrogen and oxygen atoms in total. The Morgan fingerprint density at radius 3 is 2.72 bits per heavy atom. The number of para-hydroxylation sites is 1. The molecule has 0 aliphatic rings. The normalized spacial score (nSPS) is 10.6. The van der Waals surface area contributed by atoms with E-state index in [1.54, 1.807) is 7.11 Å². The molecule has 0 radical (unpaired) electrons. The second-order valence-corrected chi connectivity index (χ2v) is 3.82. The summed E-state index contributed by atoms with van der Waals surface area (Å²) in [4.78, 5) is 0. The fourth-order valence-corrected chi connectivity index (χ4v) is 1.54. The van der Waals surface area contributed by atoms with Gasteiger partial charge in [0.15, 0.2) is 0 Å². The highest BCUT2D eigenvalue weighted by Crippen LogP contribution is 2.17. The van der Waals surface area contributed by atoms with Crippen molar-refractivity contribution in [2.75, 3.05) is 40.1 Å². The maximum atomic E-state index is 5.70. The maximum Gasteiger partial charge on any atom is 0.123 e. The first kappa shape index (κ1) is 15.0. The van der Waals surface area contributed by atoms with Crippen LogP contribution >= 0.6 is 0 Å². The SMILES string of the molecule is CCOCCOc1ccccc1CNCCOC. The van der Waals surface area contributed by atoms with Gasteiger partial charge >= 0.3 is 0 Å². The number of hydrogen-bond acceptors (Lipinski definition) is 4. The smallest absolute Gasteiger partial charge is 0.123 e. The highest BCUT2D eigenvalue weighted by atomic mass is 16.5. The van der Waals surface area contributed by atoms with Gasteiger partial charge in [-0.1, -0.05) is 18.2 Å². The molecule has 1 aromatic rings. The highest BCUT2D eigenvalue weighted by Gasteiger charge is 2.02. The predicted molar refractivity (Wildman–Crippen MR) is 72.0 cm³/mol. The van der Waals surface area contributed by atoms with E-state index in [-0.39, 0.29) is 0 Å². The largest absolute Gasteiger partial charge is 0.491 e. The monoisotopic (exact) mass is 253 g/mol. The Labute approximate surface area is 109 Å². The molecule has 102 valence electrons. The van der Waals surface area contributed by atoms with Crippen molar-refractivity contribution < 1.29 is 14.2 Å². The Balaban J connectivity index is 2.36. The number of methoxy groups -OCH3 is 1. The van der Waals surface area contributed by atoms with E-state index >= 15 is 0 Å². The molecule has 0 atom stereocenters. The van der Waals surface area contributed by atoms with Crippen LogP contribution in [-0.2, 0) is 16.0 Å². The Kier molecular flexibility index (Phi) is 8.21. The summed E-state index contributed by atoms with van der Waals surface area (Å²) in [5.41, 5.74) is 1.16. The van der Waals surface area contributed by atoms with Crippen LogP contribution in [0.25, 0.3) is 0 Å². The van der Waals surface area contributed by atoms with Gasteiger partial charge in [-0.3, -0.25) is 0 Å². The average molecular weight is 253 g/mol. The summed E-state index contributed by atoms with van der Waals surface area (Å²) < 4.78 is 15.9. The Morgan fingerprint density at radius 2 is 1.94 bits per heavy atom. The fraction of sp³-hybridized carbons (Fsp3) is 0.571. The topological polar surface area (TPSA) is 39.7 Å². The molecular weight excluding hydrogens is 230 g/mol. The first-order chi connectivity index (χ1) is 8.88. The lowest BCUT2D eigenvalue weighted by Gasteiger charge is -2.12. The number of nitrogens with one attached hydrogen (secondary N) is 1. The third-order valence-corrected chi connectivity index (χ3v) is 2.46. The third kappa shape index (κ3) is 6.00. The van der Waals surface area contributed by atoms with E-state index in [0.717, 1.165) is 31.0 Å². The molecule has 1 aromatic carbocycles. The molecular formula is C14H23NO3. The highest BCUT2D eigenvalue weighted by molar-refractivity contribution is 5.33. The molecule has 0 saturated carbocycles. The minimum atomic E-state index is 0.586. The van der Waals surface area contributed by atoms with Crippen LogP contribution in [0.3, 0.4) is 0 Å². The summed E-state index contributed by atoms with van der Waals surface area (Å²) in [6.07, 6.45) is 0. The predicted octanol–water partition coefficient (Wildman–Crippen LogP) is 1.84. The van der Waals surface area contributed by atoms with Gasteiger partial charge in [-0.15, -0.1) is 0 Å². The first-order valence-electron chi connectivity index (χ1n) is 6.36. The van der Waals surface area contributed by atoms with Crippen molar-refractivity contribution in [3.63, 3.8) is 0 Å². The van der Waals surface area contributed by atoms with Gasteiger partial charge < -0.3 is 19.5 Å². The van der Waals surface area contributed by atoms with Gasteiger partial charge in [0.25, 0.3) is 0 Å². The Morgan fingerprint density at radius 1 is 1.11 bits per heavy atom. The molecule has 1 N–H and O–H groups in total. The first-order valence-corrected chi connectivity index (χ1v) is 6.36. The summed E-state index contributed by atoms with van der Waals surface area (Å²) in [6.45, 7) is 6.26. The lowest BCUT2D eigenvalue weighted by molar-refractivity contribution is 0.110. The van der Waals surface area contributed by atoms with E-state index in [0.29, 0.717) is 19.8 Å². The second-order valence-electron chi connectivity index (χ2n) is 3.82. The van der Waals surface area contributed by atoms with Gasteiger partial charge in [0.05, 0.1) is 13.2 Å². The second kappa shape index (κ2) is 9.88. The van der Waals surface area contributed by atoms with E-state index < -0.39 is 0 Å². The maximum absolute atomic E-state index is 5.70.